The number of rotatable bonds is 10. The van der Waals surface area contributed by atoms with Crippen molar-refractivity contribution in [3.8, 4) is 11.1 Å². The average Bonchev–Trinajstić information content (AvgIpc) is 3.32. The van der Waals surface area contributed by atoms with E-state index in [0.717, 1.165) is 32.3 Å². The first-order valence-corrected chi connectivity index (χ1v) is 15.5. The van der Waals surface area contributed by atoms with Crippen molar-refractivity contribution < 1.29 is 22.3 Å². The fraction of sp³-hybridized carbons (Fsp3) is 0.647. The Morgan fingerprint density at radius 2 is 1.36 bits per heavy atom. The van der Waals surface area contributed by atoms with Crippen molar-refractivity contribution in [2.75, 3.05) is 6.61 Å². The normalized spacial score (nSPS) is 24.6. The first kappa shape index (κ1) is 28.6. The lowest BCUT2D eigenvalue weighted by Gasteiger charge is -2.32. The van der Waals surface area contributed by atoms with E-state index in [1.165, 1.54) is 51.4 Å². The molecule has 2 aliphatic carbocycles. The van der Waals surface area contributed by atoms with E-state index in [1.807, 2.05) is 6.92 Å². The quantitative estimate of drug-likeness (QED) is 0.182. The molecule has 0 spiro atoms. The largest absolute Gasteiger partial charge is 0.378 e. The molecule has 0 N–H and O–H groups in total. The van der Waals surface area contributed by atoms with Gasteiger partial charge in [-0.25, -0.2) is 17.6 Å². The minimum atomic E-state index is -1.04. The van der Waals surface area contributed by atoms with Gasteiger partial charge >= 0.3 is 0 Å². The molecule has 2 aromatic carbocycles. The lowest BCUT2D eigenvalue weighted by Crippen LogP contribution is -2.26. The zero-order chi connectivity index (χ0) is 27.5. The smallest absolute Gasteiger partial charge is 0.167 e. The first-order valence-electron chi connectivity index (χ1n) is 15.5. The van der Waals surface area contributed by atoms with E-state index in [2.05, 4.69) is 6.92 Å². The van der Waals surface area contributed by atoms with E-state index in [9.17, 15) is 8.78 Å². The second kappa shape index (κ2) is 12.7. The van der Waals surface area contributed by atoms with Gasteiger partial charge in [0, 0.05) is 17.7 Å². The van der Waals surface area contributed by atoms with Gasteiger partial charge < -0.3 is 4.74 Å². The number of hydrogen-bond donors (Lipinski definition) is 0. The number of fused-ring (bicyclic) bond motifs is 3. The molecule has 2 fully saturated rings. The van der Waals surface area contributed by atoms with Gasteiger partial charge in [0.25, 0.3) is 0 Å². The average molecular weight is 545 g/mol. The van der Waals surface area contributed by atoms with Crippen LogP contribution in [0.3, 0.4) is 0 Å². The monoisotopic (exact) mass is 544 g/mol. The number of hydrogen-bond acceptors (Lipinski definition) is 1. The molecule has 3 aliphatic rings. The summed E-state index contributed by atoms with van der Waals surface area (Å²) in [4.78, 5) is 0. The fourth-order valence-electron chi connectivity index (χ4n) is 7.38. The number of benzene rings is 2. The van der Waals surface area contributed by atoms with Crippen molar-refractivity contribution in [2.45, 2.75) is 122 Å². The summed E-state index contributed by atoms with van der Waals surface area (Å²) < 4.78 is 66.6. The molecule has 0 amide bonds. The molecule has 5 rings (SSSR count). The fourth-order valence-corrected chi connectivity index (χ4v) is 7.38. The molecule has 1 aliphatic heterocycles. The molecular weight excluding hydrogens is 500 g/mol. The van der Waals surface area contributed by atoms with Gasteiger partial charge in [0.1, 0.15) is 0 Å². The lowest BCUT2D eigenvalue weighted by atomic mass is 9.75. The second-order valence-corrected chi connectivity index (χ2v) is 12.4. The van der Waals surface area contributed by atoms with Gasteiger partial charge in [-0.15, -0.1) is 0 Å². The molecule has 2 atom stereocenters. The van der Waals surface area contributed by atoms with Crippen molar-refractivity contribution in [1.82, 2.24) is 0 Å². The standard InChI is InChI=1S/C34H44F4O/c1-3-5-6-8-27-16-13-22(20-39-27)10-9-21-11-14-23(15-12-21)28-19-26-18-25-17-24(7-4-2)31(35)33(37)29(25)30(26)34(38)32(28)36/h17,19,21-23,27H,3-16,18,20H2,1-2H3. The van der Waals surface area contributed by atoms with Gasteiger partial charge in [0.05, 0.1) is 6.10 Å². The highest BCUT2D eigenvalue weighted by Gasteiger charge is 2.34. The van der Waals surface area contributed by atoms with Crippen molar-refractivity contribution in [3.63, 3.8) is 0 Å². The summed E-state index contributed by atoms with van der Waals surface area (Å²) in [6.07, 6.45) is 15.5. The van der Waals surface area contributed by atoms with E-state index in [0.29, 0.717) is 59.5 Å². The Morgan fingerprint density at radius 3 is 2.03 bits per heavy atom. The Hall–Kier alpha value is -1.88. The minimum absolute atomic E-state index is 0.0242. The lowest BCUT2D eigenvalue weighted by molar-refractivity contribution is -0.0244. The van der Waals surface area contributed by atoms with Crippen molar-refractivity contribution in [1.29, 1.82) is 0 Å². The van der Waals surface area contributed by atoms with E-state index in [4.69, 9.17) is 4.74 Å². The Kier molecular flexibility index (Phi) is 9.36. The zero-order valence-electron chi connectivity index (χ0n) is 23.7. The number of ether oxygens (including phenoxy) is 1. The molecular formula is C34H44F4O. The Labute approximate surface area is 231 Å². The Balaban J connectivity index is 1.18. The molecule has 2 unspecified atom stereocenters. The first-order chi connectivity index (χ1) is 18.9. The van der Waals surface area contributed by atoms with E-state index >= 15 is 8.78 Å². The third-order valence-electron chi connectivity index (χ3n) is 9.69. The summed E-state index contributed by atoms with van der Waals surface area (Å²) in [5.41, 5.74) is 1.70. The predicted molar refractivity (Wildman–Crippen MR) is 149 cm³/mol. The van der Waals surface area contributed by atoms with Crippen molar-refractivity contribution >= 4 is 0 Å². The maximum atomic E-state index is 15.4. The van der Waals surface area contributed by atoms with Gasteiger partial charge in [-0.05, 0) is 104 Å². The van der Waals surface area contributed by atoms with Gasteiger partial charge in [-0.3, -0.25) is 0 Å². The molecule has 0 bridgehead atoms. The van der Waals surface area contributed by atoms with E-state index in [1.54, 1.807) is 12.1 Å². The third-order valence-corrected chi connectivity index (χ3v) is 9.69. The van der Waals surface area contributed by atoms with Gasteiger partial charge in [-0.1, -0.05) is 58.1 Å². The van der Waals surface area contributed by atoms with Crippen LogP contribution in [0.1, 0.15) is 125 Å². The number of aryl methyl sites for hydroxylation is 1. The SMILES string of the molecule is CCCCCC1CCC(CCC2CCC(c3cc4c(c(F)c3F)-c3c(cc(CCC)c(F)c3F)C4)CC2)CO1. The molecule has 0 radical (unpaired) electrons. The minimum Gasteiger partial charge on any atom is -0.378 e. The van der Waals surface area contributed by atoms with Crippen LogP contribution in [-0.4, -0.2) is 12.7 Å². The summed E-state index contributed by atoms with van der Waals surface area (Å²) in [7, 11) is 0. The highest BCUT2D eigenvalue weighted by atomic mass is 19.2. The van der Waals surface area contributed by atoms with Crippen molar-refractivity contribution in [3.05, 3.63) is 57.7 Å². The number of halogens is 4. The molecule has 39 heavy (non-hydrogen) atoms. The van der Waals surface area contributed by atoms with Crippen LogP contribution in [0.25, 0.3) is 11.1 Å². The highest BCUT2D eigenvalue weighted by molar-refractivity contribution is 5.79. The maximum absolute atomic E-state index is 15.4. The molecule has 5 heteroatoms. The van der Waals surface area contributed by atoms with Gasteiger partial charge in [0.15, 0.2) is 23.3 Å². The van der Waals surface area contributed by atoms with E-state index in [-0.39, 0.29) is 17.0 Å². The van der Waals surface area contributed by atoms with Crippen LogP contribution in [0.2, 0.25) is 0 Å². The second-order valence-electron chi connectivity index (χ2n) is 12.4. The molecule has 1 saturated carbocycles. The van der Waals surface area contributed by atoms with Gasteiger partial charge in [-0.2, -0.15) is 0 Å². The maximum Gasteiger partial charge on any atom is 0.167 e. The van der Waals surface area contributed by atoms with E-state index < -0.39 is 23.3 Å². The zero-order valence-corrected chi connectivity index (χ0v) is 23.7. The van der Waals surface area contributed by atoms with Crippen LogP contribution < -0.4 is 0 Å². The molecule has 2 aromatic rings. The van der Waals surface area contributed by atoms with Gasteiger partial charge in [0.2, 0.25) is 0 Å². The van der Waals surface area contributed by atoms with Crippen LogP contribution in [0.15, 0.2) is 12.1 Å². The van der Waals surface area contributed by atoms with Crippen LogP contribution in [0.5, 0.6) is 0 Å². The van der Waals surface area contributed by atoms with Crippen LogP contribution in [0, 0.1) is 35.1 Å². The molecule has 1 saturated heterocycles. The summed E-state index contributed by atoms with van der Waals surface area (Å²) >= 11 is 0. The predicted octanol–water partition coefficient (Wildman–Crippen LogP) is 10.2. The number of unbranched alkanes of at least 4 members (excludes halogenated alkanes) is 2. The molecule has 214 valence electrons. The van der Waals surface area contributed by atoms with Crippen molar-refractivity contribution in [2.24, 2.45) is 11.8 Å². The molecule has 0 aromatic heterocycles. The summed E-state index contributed by atoms with van der Waals surface area (Å²) in [6.45, 7) is 5.03. The summed E-state index contributed by atoms with van der Waals surface area (Å²) in [5.74, 6) is -2.62. The molecule has 1 nitrogen and oxygen atoms in total. The molecule has 1 heterocycles. The van der Waals surface area contributed by atoms with Crippen LogP contribution >= 0.6 is 0 Å². The van der Waals surface area contributed by atoms with Crippen LogP contribution in [-0.2, 0) is 17.6 Å². The summed E-state index contributed by atoms with van der Waals surface area (Å²) in [6, 6.07) is 3.38. The Bertz CT molecular complexity index is 1140. The Morgan fingerprint density at radius 1 is 0.692 bits per heavy atom. The topological polar surface area (TPSA) is 9.23 Å². The third kappa shape index (κ3) is 6.09. The van der Waals surface area contributed by atoms with Crippen LogP contribution in [0.4, 0.5) is 17.6 Å². The highest BCUT2D eigenvalue weighted by Crippen LogP contribution is 2.46. The summed E-state index contributed by atoms with van der Waals surface area (Å²) in [5, 5.41) is 0.